The summed E-state index contributed by atoms with van der Waals surface area (Å²) < 4.78 is 1.85. The van der Waals surface area contributed by atoms with E-state index in [1.807, 2.05) is 21.8 Å². The number of hydrogen-bond acceptors (Lipinski definition) is 5. The van der Waals surface area contributed by atoms with Crippen LogP contribution in [0, 0.1) is 11.3 Å². The number of carbonyl (C=O) groups excluding carboxylic acids is 1. The average Bonchev–Trinajstić information content (AvgIpc) is 3.19. The number of urea groups is 1. The summed E-state index contributed by atoms with van der Waals surface area (Å²) in [6, 6.07) is 7.46. The SMILES string of the molecule is N#Cc1ccnc(N2CCN(C(=O)NCCCn3cccn3)CC2)c1. The number of carbonyl (C=O) groups is 1. The van der Waals surface area contributed by atoms with Crippen LogP contribution in [-0.4, -0.2) is 58.4 Å². The molecule has 2 aromatic rings. The van der Waals surface area contributed by atoms with Crippen LogP contribution in [0.25, 0.3) is 0 Å². The molecule has 0 aromatic carbocycles. The fraction of sp³-hybridized carbons (Fsp3) is 0.412. The maximum atomic E-state index is 12.2. The van der Waals surface area contributed by atoms with Gasteiger partial charge in [-0.15, -0.1) is 0 Å². The summed E-state index contributed by atoms with van der Waals surface area (Å²) in [6.45, 7) is 4.13. The summed E-state index contributed by atoms with van der Waals surface area (Å²) in [5.41, 5.74) is 0.599. The van der Waals surface area contributed by atoms with Crippen LogP contribution in [0.2, 0.25) is 0 Å². The molecule has 1 fully saturated rings. The van der Waals surface area contributed by atoms with Gasteiger partial charge in [0.05, 0.1) is 11.6 Å². The van der Waals surface area contributed by atoms with Crippen LogP contribution < -0.4 is 10.2 Å². The largest absolute Gasteiger partial charge is 0.353 e. The van der Waals surface area contributed by atoms with Crippen LogP contribution in [0.3, 0.4) is 0 Å². The van der Waals surface area contributed by atoms with E-state index >= 15 is 0 Å². The molecule has 8 nitrogen and oxygen atoms in total. The Balaban J connectivity index is 1.40. The van der Waals surface area contributed by atoms with Crippen molar-refractivity contribution in [2.45, 2.75) is 13.0 Å². The monoisotopic (exact) mass is 339 g/mol. The second-order valence-corrected chi connectivity index (χ2v) is 5.84. The van der Waals surface area contributed by atoms with E-state index in [9.17, 15) is 4.79 Å². The highest BCUT2D eigenvalue weighted by molar-refractivity contribution is 5.74. The van der Waals surface area contributed by atoms with Gasteiger partial charge in [0.25, 0.3) is 0 Å². The minimum absolute atomic E-state index is 0.0288. The molecule has 3 heterocycles. The number of piperazine rings is 1. The van der Waals surface area contributed by atoms with Gasteiger partial charge >= 0.3 is 6.03 Å². The highest BCUT2D eigenvalue weighted by Gasteiger charge is 2.21. The molecule has 0 radical (unpaired) electrons. The lowest BCUT2D eigenvalue weighted by molar-refractivity contribution is 0.194. The first-order chi connectivity index (χ1) is 12.3. The Morgan fingerprint density at radius 3 is 2.84 bits per heavy atom. The lowest BCUT2D eigenvalue weighted by Gasteiger charge is -2.35. The minimum Gasteiger partial charge on any atom is -0.353 e. The van der Waals surface area contributed by atoms with Crippen LogP contribution in [0.5, 0.6) is 0 Å². The third-order valence-corrected chi connectivity index (χ3v) is 4.16. The minimum atomic E-state index is -0.0288. The highest BCUT2D eigenvalue weighted by Crippen LogP contribution is 2.14. The summed E-state index contributed by atoms with van der Waals surface area (Å²) in [7, 11) is 0. The summed E-state index contributed by atoms with van der Waals surface area (Å²) in [5, 5.41) is 16.1. The molecular formula is C17H21N7O. The van der Waals surface area contributed by atoms with Crippen molar-refractivity contribution in [1.82, 2.24) is 25.0 Å². The number of pyridine rings is 1. The van der Waals surface area contributed by atoms with E-state index in [4.69, 9.17) is 5.26 Å². The number of nitrogens with one attached hydrogen (secondary N) is 1. The average molecular weight is 339 g/mol. The number of aryl methyl sites for hydroxylation is 1. The predicted molar refractivity (Wildman–Crippen MR) is 93.0 cm³/mol. The van der Waals surface area contributed by atoms with Crippen molar-refractivity contribution in [3.05, 3.63) is 42.4 Å². The zero-order chi connectivity index (χ0) is 17.5. The molecule has 0 bridgehead atoms. The van der Waals surface area contributed by atoms with Crippen molar-refractivity contribution in [3.8, 4) is 6.07 Å². The van der Waals surface area contributed by atoms with Crippen LogP contribution in [0.15, 0.2) is 36.8 Å². The van der Waals surface area contributed by atoms with Crippen molar-refractivity contribution in [2.24, 2.45) is 0 Å². The van der Waals surface area contributed by atoms with Gasteiger partial charge in [-0.2, -0.15) is 10.4 Å². The Labute approximate surface area is 146 Å². The Bertz CT molecular complexity index is 730. The molecule has 0 unspecified atom stereocenters. The molecule has 2 aromatic heterocycles. The fourth-order valence-corrected chi connectivity index (χ4v) is 2.78. The van der Waals surface area contributed by atoms with E-state index in [0.717, 1.165) is 18.8 Å². The van der Waals surface area contributed by atoms with Gasteiger partial charge in [-0.05, 0) is 24.6 Å². The van der Waals surface area contributed by atoms with Crippen LogP contribution in [-0.2, 0) is 6.54 Å². The maximum Gasteiger partial charge on any atom is 0.317 e. The van der Waals surface area contributed by atoms with E-state index in [2.05, 4.69) is 26.4 Å². The number of nitriles is 1. The Hall–Kier alpha value is -3.08. The smallest absolute Gasteiger partial charge is 0.317 e. The third-order valence-electron chi connectivity index (χ3n) is 4.16. The first-order valence-corrected chi connectivity index (χ1v) is 8.37. The molecule has 1 aliphatic rings. The number of aromatic nitrogens is 3. The number of amides is 2. The Kier molecular flexibility index (Phi) is 5.46. The molecule has 0 spiro atoms. The molecule has 130 valence electrons. The van der Waals surface area contributed by atoms with Gasteiger partial charge in [-0.25, -0.2) is 9.78 Å². The Morgan fingerprint density at radius 2 is 2.12 bits per heavy atom. The van der Waals surface area contributed by atoms with Crippen molar-refractivity contribution >= 4 is 11.8 Å². The standard InChI is InChI=1S/C17H21N7O/c18-14-15-3-6-19-16(13-15)22-9-11-23(12-10-22)17(25)20-4-1-7-24-8-2-5-21-24/h2-3,5-6,8,13H,1,4,7,9-12H2,(H,20,25). The molecule has 0 saturated carbocycles. The third kappa shape index (κ3) is 4.47. The summed E-state index contributed by atoms with van der Waals surface area (Å²) in [5.74, 6) is 0.790. The van der Waals surface area contributed by atoms with Crippen molar-refractivity contribution in [2.75, 3.05) is 37.6 Å². The fourth-order valence-electron chi connectivity index (χ4n) is 2.78. The van der Waals surface area contributed by atoms with Crippen molar-refractivity contribution in [3.63, 3.8) is 0 Å². The maximum absolute atomic E-state index is 12.2. The first-order valence-electron chi connectivity index (χ1n) is 8.37. The molecular weight excluding hydrogens is 318 g/mol. The lowest BCUT2D eigenvalue weighted by atomic mass is 10.2. The van der Waals surface area contributed by atoms with Crippen LogP contribution in [0.4, 0.5) is 10.6 Å². The lowest BCUT2D eigenvalue weighted by Crippen LogP contribution is -2.52. The van der Waals surface area contributed by atoms with E-state index in [0.29, 0.717) is 38.3 Å². The van der Waals surface area contributed by atoms with Gasteiger partial charge in [0.2, 0.25) is 0 Å². The van der Waals surface area contributed by atoms with E-state index in [-0.39, 0.29) is 6.03 Å². The van der Waals surface area contributed by atoms with Gasteiger partial charge in [-0.3, -0.25) is 4.68 Å². The molecule has 0 aliphatic carbocycles. The number of nitrogens with zero attached hydrogens (tertiary/aromatic N) is 6. The summed E-state index contributed by atoms with van der Waals surface area (Å²) >= 11 is 0. The number of anilines is 1. The molecule has 3 rings (SSSR count). The van der Waals surface area contributed by atoms with Gasteiger partial charge < -0.3 is 15.1 Å². The van der Waals surface area contributed by atoms with Gasteiger partial charge in [0.15, 0.2) is 0 Å². The van der Waals surface area contributed by atoms with Crippen molar-refractivity contribution in [1.29, 1.82) is 5.26 Å². The van der Waals surface area contributed by atoms with Gasteiger partial charge in [0.1, 0.15) is 5.82 Å². The molecule has 8 heteroatoms. The summed E-state index contributed by atoms with van der Waals surface area (Å²) in [6.07, 6.45) is 6.15. The number of rotatable bonds is 5. The van der Waals surface area contributed by atoms with Gasteiger partial charge in [0, 0.05) is 57.9 Å². The molecule has 1 aliphatic heterocycles. The van der Waals surface area contributed by atoms with Gasteiger partial charge in [-0.1, -0.05) is 0 Å². The van der Waals surface area contributed by atoms with E-state index in [1.165, 1.54) is 0 Å². The zero-order valence-electron chi connectivity index (χ0n) is 14.0. The highest BCUT2D eigenvalue weighted by atomic mass is 16.2. The molecule has 2 amide bonds. The second-order valence-electron chi connectivity index (χ2n) is 5.84. The molecule has 25 heavy (non-hydrogen) atoms. The predicted octanol–water partition coefficient (Wildman–Crippen LogP) is 1.07. The first kappa shape index (κ1) is 16.8. The summed E-state index contributed by atoms with van der Waals surface area (Å²) in [4.78, 5) is 20.4. The van der Waals surface area contributed by atoms with E-state index in [1.54, 1.807) is 24.5 Å². The zero-order valence-corrected chi connectivity index (χ0v) is 14.0. The van der Waals surface area contributed by atoms with Crippen LogP contribution in [0.1, 0.15) is 12.0 Å². The molecule has 1 N–H and O–H groups in total. The molecule has 1 saturated heterocycles. The van der Waals surface area contributed by atoms with E-state index < -0.39 is 0 Å². The normalized spacial score (nSPS) is 14.2. The quantitative estimate of drug-likeness (QED) is 0.823. The van der Waals surface area contributed by atoms with Crippen LogP contribution >= 0.6 is 0 Å². The Morgan fingerprint density at radius 1 is 1.28 bits per heavy atom. The molecule has 0 atom stereocenters. The second kappa shape index (κ2) is 8.15. The topological polar surface area (TPSA) is 90.1 Å². The number of hydrogen-bond donors (Lipinski definition) is 1. The van der Waals surface area contributed by atoms with Crippen molar-refractivity contribution < 1.29 is 4.79 Å².